The fraction of sp³-hybridized carbons (Fsp3) is 0.636. The monoisotopic (exact) mass is 269 g/mol. The van der Waals surface area contributed by atoms with E-state index in [2.05, 4.69) is 19.8 Å². The highest BCUT2D eigenvalue weighted by Crippen LogP contribution is 2.20. The molecule has 1 atom stereocenters. The van der Waals surface area contributed by atoms with Crippen LogP contribution in [-0.4, -0.2) is 69.2 Å². The van der Waals surface area contributed by atoms with Gasteiger partial charge in [-0.25, -0.2) is 4.98 Å². The Hall–Kier alpha value is -1.02. The number of aromatic amines is 1. The minimum absolute atomic E-state index is 0.0706. The normalized spacial score (nSPS) is 19.8. The summed E-state index contributed by atoms with van der Waals surface area (Å²) in [6.45, 7) is 4.57. The predicted molar refractivity (Wildman–Crippen MR) is 73.2 cm³/mol. The number of nitrogens with zero attached hydrogens (tertiary/aromatic N) is 3. The van der Waals surface area contributed by atoms with Gasteiger partial charge in [-0.3, -0.25) is 9.80 Å². The molecule has 0 amide bonds. The minimum Gasteiger partial charge on any atom is -0.395 e. The van der Waals surface area contributed by atoms with Crippen molar-refractivity contribution < 1.29 is 5.11 Å². The number of aliphatic hydroxyl groups is 1. The Morgan fingerprint density at radius 2 is 2.22 bits per heavy atom. The van der Waals surface area contributed by atoms with Crippen LogP contribution in [0.3, 0.4) is 0 Å². The van der Waals surface area contributed by atoms with Crippen LogP contribution in [-0.2, 0) is 0 Å². The molecule has 18 heavy (non-hydrogen) atoms. The van der Waals surface area contributed by atoms with Gasteiger partial charge in [-0.05, 0) is 0 Å². The van der Waals surface area contributed by atoms with Crippen LogP contribution < -0.4 is 5.73 Å². The topological polar surface area (TPSA) is 81.4 Å². The van der Waals surface area contributed by atoms with E-state index in [1.54, 1.807) is 12.5 Å². The molecule has 0 radical (unpaired) electrons. The van der Waals surface area contributed by atoms with Crippen LogP contribution in [0.5, 0.6) is 0 Å². The molecule has 1 fully saturated rings. The molecule has 1 saturated heterocycles. The third kappa shape index (κ3) is 3.05. The number of aliphatic hydroxyl groups excluding tert-OH is 1. The quantitative estimate of drug-likeness (QED) is 0.616. The van der Waals surface area contributed by atoms with Crippen molar-refractivity contribution in [2.24, 2.45) is 5.73 Å². The Kier molecular flexibility index (Phi) is 4.65. The summed E-state index contributed by atoms with van der Waals surface area (Å²) in [6, 6.07) is -0.0706. The summed E-state index contributed by atoms with van der Waals surface area (Å²) < 4.78 is 0. The van der Waals surface area contributed by atoms with Crippen molar-refractivity contribution in [1.29, 1.82) is 0 Å². The Morgan fingerprint density at radius 1 is 1.50 bits per heavy atom. The van der Waals surface area contributed by atoms with Gasteiger partial charge < -0.3 is 15.8 Å². The molecule has 1 aromatic heterocycles. The molecule has 0 aliphatic carbocycles. The highest BCUT2D eigenvalue weighted by molar-refractivity contribution is 7.80. The van der Waals surface area contributed by atoms with Gasteiger partial charge in [0.1, 0.15) is 6.04 Å². The zero-order valence-electron chi connectivity index (χ0n) is 10.2. The van der Waals surface area contributed by atoms with Gasteiger partial charge >= 0.3 is 0 Å². The number of hydrogen-bond acceptors (Lipinski definition) is 5. The van der Waals surface area contributed by atoms with Gasteiger partial charge in [-0.15, -0.1) is 0 Å². The van der Waals surface area contributed by atoms with Crippen molar-refractivity contribution in [3.8, 4) is 0 Å². The standard InChI is InChI=1S/C11H19N5OS/c12-11(18)10(9-7-13-8-14-9)16-3-1-15(2-4-16)5-6-17/h7-8,10,17H,1-6H2,(H2,12,18)(H,13,14). The molecule has 1 aromatic rings. The highest BCUT2D eigenvalue weighted by Gasteiger charge is 2.27. The molecule has 1 aliphatic rings. The first-order chi connectivity index (χ1) is 8.72. The highest BCUT2D eigenvalue weighted by atomic mass is 32.1. The Labute approximate surface area is 112 Å². The van der Waals surface area contributed by atoms with Gasteiger partial charge in [0.05, 0.1) is 23.6 Å². The SMILES string of the molecule is NC(=S)C(c1cnc[nH]1)N1CCN(CCO)CC1. The lowest BCUT2D eigenvalue weighted by Crippen LogP contribution is -2.50. The van der Waals surface area contributed by atoms with Crippen LogP contribution in [0.25, 0.3) is 0 Å². The van der Waals surface area contributed by atoms with Crippen molar-refractivity contribution in [1.82, 2.24) is 19.8 Å². The summed E-state index contributed by atoms with van der Waals surface area (Å²) in [6.07, 6.45) is 3.41. The number of piperazine rings is 1. The summed E-state index contributed by atoms with van der Waals surface area (Å²) in [5, 5.41) is 8.92. The van der Waals surface area contributed by atoms with E-state index in [9.17, 15) is 0 Å². The first-order valence-corrected chi connectivity index (χ1v) is 6.48. The second-order valence-corrected chi connectivity index (χ2v) is 4.88. The van der Waals surface area contributed by atoms with E-state index in [0.717, 1.165) is 38.4 Å². The Balaban J connectivity index is 1.99. The Bertz CT molecular complexity index is 375. The summed E-state index contributed by atoms with van der Waals surface area (Å²) in [7, 11) is 0. The molecule has 4 N–H and O–H groups in total. The van der Waals surface area contributed by atoms with Crippen LogP contribution in [0, 0.1) is 0 Å². The van der Waals surface area contributed by atoms with Crippen LogP contribution >= 0.6 is 12.2 Å². The van der Waals surface area contributed by atoms with E-state index < -0.39 is 0 Å². The molecule has 0 saturated carbocycles. The average molecular weight is 269 g/mol. The molecule has 1 aliphatic heterocycles. The van der Waals surface area contributed by atoms with Gasteiger partial charge in [0.15, 0.2) is 0 Å². The zero-order valence-corrected chi connectivity index (χ0v) is 11.1. The van der Waals surface area contributed by atoms with Gasteiger partial charge in [0.25, 0.3) is 0 Å². The molecular formula is C11H19N5OS. The molecule has 1 unspecified atom stereocenters. The number of nitrogens with two attached hydrogens (primary N) is 1. The molecule has 6 nitrogen and oxygen atoms in total. The number of nitrogens with one attached hydrogen (secondary N) is 1. The van der Waals surface area contributed by atoms with Crippen molar-refractivity contribution in [3.05, 3.63) is 18.2 Å². The zero-order chi connectivity index (χ0) is 13.0. The summed E-state index contributed by atoms with van der Waals surface area (Å²) in [5.41, 5.74) is 6.78. The number of thiocarbonyl (C=S) groups is 1. The average Bonchev–Trinajstić information content (AvgIpc) is 2.85. The first-order valence-electron chi connectivity index (χ1n) is 6.07. The number of H-pyrrole nitrogens is 1. The molecule has 0 spiro atoms. The largest absolute Gasteiger partial charge is 0.395 e. The van der Waals surface area contributed by atoms with Gasteiger partial charge in [0, 0.05) is 38.9 Å². The van der Waals surface area contributed by atoms with Crippen LogP contribution in [0.1, 0.15) is 11.7 Å². The lowest BCUT2D eigenvalue weighted by Gasteiger charge is -2.38. The van der Waals surface area contributed by atoms with E-state index in [-0.39, 0.29) is 12.6 Å². The molecule has 2 rings (SSSR count). The summed E-state index contributed by atoms with van der Waals surface area (Å²) in [5.74, 6) is 0. The van der Waals surface area contributed by atoms with E-state index in [4.69, 9.17) is 23.1 Å². The maximum Gasteiger partial charge on any atom is 0.102 e. The van der Waals surface area contributed by atoms with E-state index in [1.165, 1.54) is 0 Å². The maximum atomic E-state index is 8.92. The number of rotatable bonds is 5. The maximum absolute atomic E-state index is 8.92. The van der Waals surface area contributed by atoms with E-state index in [0.29, 0.717) is 4.99 Å². The van der Waals surface area contributed by atoms with Crippen LogP contribution in [0.15, 0.2) is 12.5 Å². The van der Waals surface area contributed by atoms with Crippen LogP contribution in [0.2, 0.25) is 0 Å². The molecule has 0 aromatic carbocycles. The van der Waals surface area contributed by atoms with Crippen LogP contribution in [0.4, 0.5) is 0 Å². The first kappa shape index (κ1) is 13.4. The van der Waals surface area contributed by atoms with E-state index >= 15 is 0 Å². The van der Waals surface area contributed by atoms with Crippen molar-refractivity contribution in [3.63, 3.8) is 0 Å². The van der Waals surface area contributed by atoms with Gasteiger partial charge in [-0.2, -0.15) is 0 Å². The molecule has 2 heterocycles. The van der Waals surface area contributed by atoms with Crippen molar-refractivity contribution in [2.45, 2.75) is 6.04 Å². The smallest absolute Gasteiger partial charge is 0.102 e. The third-order valence-electron chi connectivity index (χ3n) is 3.27. The third-order valence-corrected chi connectivity index (χ3v) is 3.49. The number of imidazole rings is 1. The number of aromatic nitrogens is 2. The molecule has 0 bridgehead atoms. The fourth-order valence-electron chi connectivity index (χ4n) is 2.33. The lowest BCUT2D eigenvalue weighted by molar-refractivity contribution is 0.100. The second-order valence-electron chi connectivity index (χ2n) is 4.41. The molecule has 100 valence electrons. The fourth-order valence-corrected chi connectivity index (χ4v) is 2.61. The Morgan fingerprint density at radius 3 is 2.72 bits per heavy atom. The van der Waals surface area contributed by atoms with Crippen molar-refractivity contribution in [2.75, 3.05) is 39.3 Å². The van der Waals surface area contributed by atoms with E-state index in [1.807, 2.05) is 0 Å². The summed E-state index contributed by atoms with van der Waals surface area (Å²) in [4.78, 5) is 12.1. The minimum atomic E-state index is -0.0706. The second kappa shape index (κ2) is 6.24. The van der Waals surface area contributed by atoms with Crippen molar-refractivity contribution >= 4 is 17.2 Å². The lowest BCUT2D eigenvalue weighted by atomic mass is 10.1. The predicted octanol–water partition coefficient (Wildman–Crippen LogP) is -0.653. The molecule has 7 heteroatoms. The molecular weight excluding hydrogens is 250 g/mol. The summed E-state index contributed by atoms with van der Waals surface area (Å²) >= 11 is 5.16. The number of hydrogen-bond donors (Lipinski definition) is 3. The van der Waals surface area contributed by atoms with Gasteiger partial charge in [-0.1, -0.05) is 12.2 Å². The number of β-amino-alcohol motifs (C(OH)–C–C–N with tert-alkyl or cyclic N) is 1. The van der Waals surface area contributed by atoms with Gasteiger partial charge in [0.2, 0.25) is 0 Å².